The fourth-order valence-electron chi connectivity index (χ4n) is 1.24. The molecule has 1 rings (SSSR count). The van der Waals surface area contributed by atoms with Crippen molar-refractivity contribution in [2.45, 2.75) is 26.4 Å². The molecule has 0 saturated heterocycles. The highest BCUT2D eigenvalue weighted by molar-refractivity contribution is 7.10. The van der Waals surface area contributed by atoms with E-state index in [9.17, 15) is 9.90 Å². The fourth-order valence-corrected chi connectivity index (χ4v) is 2.03. The van der Waals surface area contributed by atoms with Crippen LogP contribution < -0.4 is 5.32 Å². The predicted molar refractivity (Wildman–Crippen MR) is 66.3 cm³/mol. The Morgan fingerprint density at radius 3 is 2.81 bits per heavy atom. The quantitative estimate of drug-likeness (QED) is 0.790. The van der Waals surface area contributed by atoms with Crippen molar-refractivity contribution < 1.29 is 9.90 Å². The summed E-state index contributed by atoms with van der Waals surface area (Å²) in [5, 5.41) is 14.7. The summed E-state index contributed by atoms with van der Waals surface area (Å²) in [5.41, 5.74) is -0.0625. The van der Waals surface area contributed by atoms with E-state index in [0.717, 1.165) is 10.5 Å². The Morgan fingerprint density at radius 1 is 1.62 bits per heavy atom. The molecule has 3 nitrogen and oxygen atoms in total. The van der Waals surface area contributed by atoms with Gasteiger partial charge in [0.05, 0.1) is 6.54 Å². The molecule has 0 saturated carbocycles. The van der Waals surface area contributed by atoms with Crippen molar-refractivity contribution in [1.29, 1.82) is 0 Å². The zero-order valence-corrected chi connectivity index (χ0v) is 10.6. The van der Waals surface area contributed by atoms with Crippen LogP contribution in [-0.2, 0) is 10.4 Å². The first-order valence-corrected chi connectivity index (χ1v) is 5.99. The maximum absolute atomic E-state index is 11.4. The van der Waals surface area contributed by atoms with Gasteiger partial charge in [-0.25, -0.2) is 0 Å². The summed E-state index contributed by atoms with van der Waals surface area (Å²) in [6.07, 6.45) is 1.52. The Labute approximate surface area is 99.8 Å². The van der Waals surface area contributed by atoms with Crippen molar-refractivity contribution in [2.24, 2.45) is 0 Å². The SMILES string of the molecule is CC(C)=CC(=O)NC[C@@](C)(O)c1cccs1. The molecule has 0 radical (unpaired) electrons. The minimum atomic E-state index is -1.00. The Balaban J connectivity index is 2.55. The number of hydrogen-bond donors (Lipinski definition) is 2. The number of thiophene rings is 1. The third-order valence-corrected chi connectivity index (χ3v) is 3.20. The van der Waals surface area contributed by atoms with E-state index >= 15 is 0 Å². The number of amides is 1. The highest BCUT2D eigenvalue weighted by Crippen LogP contribution is 2.24. The standard InChI is InChI=1S/C12H17NO2S/c1-9(2)7-11(14)13-8-12(3,15)10-5-4-6-16-10/h4-7,15H,8H2,1-3H3,(H,13,14)/t12-/m1/s1. The summed E-state index contributed by atoms with van der Waals surface area (Å²) < 4.78 is 0. The van der Waals surface area contributed by atoms with Gasteiger partial charge in [0.25, 0.3) is 0 Å². The largest absolute Gasteiger partial charge is 0.383 e. The fraction of sp³-hybridized carbons (Fsp3) is 0.417. The minimum Gasteiger partial charge on any atom is -0.383 e. The molecule has 0 spiro atoms. The second kappa shape index (κ2) is 5.27. The second-order valence-electron chi connectivity index (χ2n) is 4.19. The molecule has 0 aliphatic heterocycles. The summed E-state index contributed by atoms with van der Waals surface area (Å²) in [5.74, 6) is -0.170. The van der Waals surface area contributed by atoms with E-state index in [4.69, 9.17) is 0 Å². The molecule has 4 heteroatoms. The number of hydrogen-bond acceptors (Lipinski definition) is 3. The maximum Gasteiger partial charge on any atom is 0.244 e. The molecule has 0 aliphatic rings. The molecule has 1 aromatic rings. The highest BCUT2D eigenvalue weighted by atomic mass is 32.1. The Kier molecular flexibility index (Phi) is 4.26. The Bertz CT molecular complexity index is 376. The lowest BCUT2D eigenvalue weighted by atomic mass is 10.1. The van der Waals surface area contributed by atoms with Gasteiger partial charge in [0.2, 0.25) is 5.91 Å². The molecular weight excluding hydrogens is 222 g/mol. The van der Waals surface area contributed by atoms with E-state index in [-0.39, 0.29) is 12.5 Å². The van der Waals surface area contributed by atoms with Gasteiger partial charge in [-0.15, -0.1) is 11.3 Å². The van der Waals surface area contributed by atoms with Crippen molar-refractivity contribution in [3.05, 3.63) is 34.0 Å². The van der Waals surface area contributed by atoms with Gasteiger partial charge in [-0.3, -0.25) is 4.79 Å². The van der Waals surface area contributed by atoms with Gasteiger partial charge in [-0.1, -0.05) is 11.6 Å². The van der Waals surface area contributed by atoms with Crippen LogP contribution in [0.1, 0.15) is 25.6 Å². The van der Waals surface area contributed by atoms with Gasteiger partial charge in [0, 0.05) is 11.0 Å². The van der Waals surface area contributed by atoms with Crippen LogP contribution in [-0.4, -0.2) is 17.6 Å². The second-order valence-corrected chi connectivity index (χ2v) is 5.14. The average Bonchev–Trinajstić information content (AvgIpc) is 2.67. The zero-order valence-electron chi connectivity index (χ0n) is 9.78. The molecule has 1 aromatic heterocycles. The Hall–Kier alpha value is -1.13. The molecule has 1 amide bonds. The van der Waals surface area contributed by atoms with E-state index in [0.29, 0.717) is 0 Å². The lowest BCUT2D eigenvalue weighted by Gasteiger charge is -2.21. The van der Waals surface area contributed by atoms with Crippen LogP contribution in [0.3, 0.4) is 0 Å². The molecule has 16 heavy (non-hydrogen) atoms. The maximum atomic E-state index is 11.4. The van der Waals surface area contributed by atoms with Crippen LogP contribution in [0.2, 0.25) is 0 Å². The first-order chi connectivity index (χ1) is 7.42. The molecule has 1 heterocycles. The summed E-state index contributed by atoms with van der Waals surface area (Å²) >= 11 is 1.48. The van der Waals surface area contributed by atoms with E-state index in [1.807, 2.05) is 31.4 Å². The van der Waals surface area contributed by atoms with Gasteiger partial charge in [0.15, 0.2) is 0 Å². The van der Waals surface area contributed by atoms with E-state index in [1.165, 1.54) is 17.4 Å². The molecule has 0 unspecified atom stereocenters. The lowest BCUT2D eigenvalue weighted by Crippen LogP contribution is -2.37. The normalized spacial score (nSPS) is 14.0. The van der Waals surface area contributed by atoms with Crippen LogP contribution in [0.5, 0.6) is 0 Å². The van der Waals surface area contributed by atoms with E-state index < -0.39 is 5.60 Å². The monoisotopic (exact) mass is 239 g/mol. The predicted octanol–water partition coefficient (Wildman–Crippen LogP) is 2.04. The van der Waals surface area contributed by atoms with Crippen molar-refractivity contribution in [3.63, 3.8) is 0 Å². The average molecular weight is 239 g/mol. The summed E-state index contributed by atoms with van der Waals surface area (Å²) in [7, 11) is 0. The van der Waals surface area contributed by atoms with Crippen LogP contribution in [0.25, 0.3) is 0 Å². The molecule has 2 N–H and O–H groups in total. The molecule has 0 bridgehead atoms. The van der Waals surface area contributed by atoms with Crippen molar-refractivity contribution >= 4 is 17.2 Å². The van der Waals surface area contributed by atoms with Crippen molar-refractivity contribution in [1.82, 2.24) is 5.32 Å². The van der Waals surface area contributed by atoms with Crippen molar-refractivity contribution in [3.8, 4) is 0 Å². The van der Waals surface area contributed by atoms with Crippen LogP contribution in [0.15, 0.2) is 29.2 Å². The molecule has 88 valence electrons. The van der Waals surface area contributed by atoms with Gasteiger partial charge >= 0.3 is 0 Å². The van der Waals surface area contributed by atoms with E-state index in [2.05, 4.69) is 5.32 Å². The first kappa shape index (κ1) is 12.9. The third kappa shape index (κ3) is 3.79. The first-order valence-electron chi connectivity index (χ1n) is 5.11. The molecular formula is C12H17NO2S. The molecule has 0 aromatic carbocycles. The number of aliphatic hydroxyl groups is 1. The van der Waals surface area contributed by atoms with Gasteiger partial charge < -0.3 is 10.4 Å². The van der Waals surface area contributed by atoms with E-state index in [1.54, 1.807) is 6.92 Å². The van der Waals surface area contributed by atoms with Gasteiger partial charge in [-0.2, -0.15) is 0 Å². The van der Waals surface area contributed by atoms with Crippen LogP contribution in [0.4, 0.5) is 0 Å². The number of carbonyl (C=O) groups excluding carboxylic acids is 1. The smallest absolute Gasteiger partial charge is 0.244 e. The number of carbonyl (C=O) groups is 1. The number of allylic oxidation sites excluding steroid dienone is 1. The van der Waals surface area contributed by atoms with Crippen LogP contribution in [0, 0.1) is 0 Å². The summed E-state index contributed by atoms with van der Waals surface area (Å²) in [4.78, 5) is 12.2. The number of rotatable bonds is 4. The van der Waals surface area contributed by atoms with Gasteiger partial charge in [-0.05, 0) is 32.2 Å². The summed E-state index contributed by atoms with van der Waals surface area (Å²) in [6, 6.07) is 3.74. The van der Waals surface area contributed by atoms with Crippen LogP contribution >= 0.6 is 11.3 Å². The topological polar surface area (TPSA) is 49.3 Å². The van der Waals surface area contributed by atoms with Gasteiger partial charge in [0.1, 0.15) is 5.60 Å². The Morgan fingerprint density at radius 2 is 2.31 bits per heavy atom. The number of nitrogens with one attached hydrogen (secondary N) is 1. The molecule has 0 aliphatic carbocycles. The molecule has 0 fully saturated rings. The third-order valence-electron chi connectivity index (χ3n) is 2.08. The molecule has 1 atom stereocenters. The minimum absolute atomic E-state index is 0.170. The zero-order chi connectivity index (χ0) is 12.2. The lowest BCUT2D eigenvalue weighted by molar-refractivity contribution is -0.117. The van der Waals surface area contributed by atoms with Crippen molar-refractivity contribution in [2.75, 3.05) is 6.54 Å². The summed E-state index contributed by atoms with van der Waals surface area (Å²) in [6.45, 7) is 5.63. The highest BCUT2D eigenvalue weighted by Gasteiger charge is 2.24.